The van der Waals surface area contributed by atoms with Gasteiger partial charge in [0.25, 0.3) is 10.0 Å². The highest BCUT2D eigenvalue weighted by Gasteiger charge is 2.18. The van der Waals surface area contributed by atoms with Crippen molar-refractivity contribution in [3.63, 3.8) is 0 Å². The molecule has 2 rings (SSSR count). The first-order valence-electron chi connectivity index (χ1n) is 6.22. The Balaban J connectivity index is 2.01. The van der Waals surface area contributed by atoms with Crippen LogP contribution in [0, 0.1) is 0 Å². The Morgan fingerprint density at radius 1 is 1.33 bits per heavy atom. The fourth-order valence-corrected chi connectivity index (χ4v) is 3.47. The number of carbonyl (C=O) groups is 1. The van der Waals surface area contributed by atoms with Gasteiger partial charge in [0.1, 0.15) is 5.75 Å². The molecule has 0 fully saturated rings. The fraction of sp³-hybridized carbons (Fsp3) is 0.214. The van der Waals surface area contributed by atoms with Crippen LogP contribution in [0.15, 0.2) is 46.0 Å². The van der Waals surface area contributed by atoms with Gasteiger partial charge in [0.15, 0.2) is 0 Å². The van der Waals surface area contributed by atoms with E-state index >= 15 is 0 Å². The van der Waals surface area contributed by atoms with Crippen LogP contribution in [0.25, 0.3) is 0 Å². The van der Waals surface area contributed by atoms with Crippen molar-refractivity contribution < 1.29 is 17.9 Å². The third-order valence-electron chi connectivity index (χ3n) is 2.82. The Morgan fingerprint density at radius 2 is 2.14 bits per heavy atom. The van der Waals surface area contributed by atoms with Crippen LogP contribution in [-0.4, -0.2) is 21.4 Å². The normalized spacial score (nSPS) is 11.1. The van der Waals surface area contributed by atoms with Gasteiger partial charge < -0.3 is 4.74 Å². The van der Waals surface area contributed by atoms with Gasteiger partial charge in [-0.05, 0) is 40.9 Å². The number of aryl methyl sites for hydroxylation is 1. The number of thiophene rings is 1. The van der Waals surface area contributed by atoms with E-state index in [0.29, 0.717) is 12.2 Å². The van der Waals surface area contributed by atoms with Gasteiger partial charge in [-0.2, -0.15) is 11.3 Å². The van der Waals surface area contributed by atoms with Crippen molar-refractivity contribution in [2.75, 3.05) is 7.11 Å². The molecule has 2 aromatic rings. The van der Waals surface area contributed by atoms with Crippen LogP contribution in [0.1, 0.15) is 12.0 Å². The molecule has 0 bridgehead atoms. The molecule has 1 N–H and O–H groups in total. The summed E-state index contributed by atoms with van der Waals surface area (Å²) in [6.07, 6.45) is 0.642. The molecular weight excluding hydrogens is 310 g/mol. The molecule has 0 radical (unpaired) electrons. The molecule has 0 saturated heterocycles. The minimum Gasteiger partial charge on any atom is -0.497 e. The summed E-state index contributed by atoms with van der Waals surface area (Å²) in [7, 11) is -2.41. The molecule has 7 heteroatoms. The number of hydrogen-bond acceptors (Lipinski definition) is 5. The minimum absolute atomic E-state index is 0.00531. The van der Waals surface area contributed by atoms with Crippen LogP contribution in [0.5, 0.6) is 5.75 Å². The highest BCUT2D eigenvalue weighted by molar-refractivity contribution is 7.90. The molecule has 0 aliphatic rings. The quantitative estimate of drug-likeness (QED) is 0.884. The number of sulfonamides is 1. The summed E-state index contributed by atoms with van der Waals surface area (Å²) in [4.78, 5) is 11.8. The van der Waals surface area contributed by atoms with Crippen molar-refractivity contribution >= 4 is 27.3 Å². The van der Waals surface area contributed by atoms with E-state index in [0.717, 1.165) is 5.56 Å². The number of methoxy groups -OCH3 is 1. The van der Waals surface area contributed by atoms with E-state index in [4.69, 9.17) is 4.74 Å². The van der Waals surface area contributed by atoms with Crippen molar-refractivity contribution in [2.45, 2.75) is 17.7 Å². The number of rotatable bonds is 6. The third-order valence-corrected chi connectivity index (χ3v) is 4.92. The van der Waals surface area contributed by atoms with Crippen LogP contribution < -0.4 is 9.46 Å². The first-order chi connectivity index (χ1) is 10.0. The Bertz CT molecular complexity index is 708. The summed E-state index contributed by atoms with van der Waals surface area (Å²) >= 11 is 1.54. The van der Waals surface area contributed by atoms with Crippen LogP contribution in [0.3, 0.4) is 0 Å². The highest BCUT2D eigenvalue weighted by atomic mass is 32.2. The van der Waals surface area contributed by atoms with Gasteiger partial charge in [-0.25, -0.2) is 13.1 Å². The van der Waals surface area contributed by atoms with Gasteiger partial charge in [0.2, 0.25) is 5.91 Å². The van der Waals surface area contributed by atoms with Crippen LogP contribution in [0.2, 0.25) is 0 Å². The van der Waals surface area contributed by atoms with Gasteiger partial charge in [-0.15, -0.1) is 0 Å². The average molecular weight is 325 g/mol. The zero-order valence-corrected chi connectivity index (χ0v) is 13.0. The lowest BCUT2D eigenvalue weighted by Crippen LogP contribution is -2.30. The second-order valence-electron chi connectivity index (χ2n) is 4.34. The molecule has 21 heavy (non-hydrogen) atoms. The van der Waals surface area contributed by atoms with E-state index in [-0.39, 0.29) is 11.3 Å². The summed E-state index contributed by atoms with van der Waals surface area (Å²) in [6, 6.07) is 7.89. The maximum atomic E-state index is 12.1. The van der Waals surface area contributed by atoms with Crippen molar-refractivity contribution in [3.05, 3.63) is 46.7 Å². The average Bonchev–Trinajstić information content (AvgIpc) is 2.98. The molecule has 0 saturated carbocycles. The van der Waals surface area contributed by atoms with Crippen LogP contribution in [-0.2, 0) is 21.2 Å². The molecule has 1 aromatic carbocycles. The molecule has 0 spiro atoms. The molecule has 1 amide bonds. The number of benzene rings is 1. The van der Waals surface area contributed by atoms with Crippen molar-refractivity contribution in [3.8, 4) is 5.75 Å². The van der Waals surface area contributed by atoms with E-state index in [1.54, 1.807) is 23.5 Å². The Labute approximate surface area is 127 Å². The van der Waals surface area contributed by atoms with Crippen LogP contribution >= 0.6 is 11.3 Å². The topological polar surface area (TPSA) is 72.5 Å². The summed E-state index contributed by atoms with van der Waals surface area (Å²) in [6.45, 7) is 0. The largest absolute Gasteiger partial charge is 0.497 e. The Kier molecular flexibility index (Phi) is 4.98. The van der Waals surface area contributed by atoms with Crippen molar-refractivity contribution in [1.29, 1.82) is 0 Å². The SMILES string of the molecule is COc1cccc(S(=O)(=O)NC(=O)CCc2ccsc2)c1. The standard InChI is InChI=1S/C14H15NO4S2/c1-19-12-3-2-4-13(9-12)21(17,18)15-14(16)6-5-11-7-8-20-10-11/h2-4,7-10H,5-6H2,1H3,(H,15,16). The molecule has 0 aliphatic carbocycles. The van der Waals surface area contributed by atoms with E-state index < -0.39 is 15.9 Å². The second kappa shape index (κ2) is 6.73. The summed E-state index contributed by atoms with van der Waals surface area (Å²) in [5.41, 5.74) is 1.02. The van der Waals surface area contributed by atoms with E-state index in [1.807, 2.05) is 16.8 Å². The first-order valence-corrected chi connectivity index (χ1v) is 8.64. The van der Waals surface area contributed by atoms with Crippen molar-refractivity contribution in [2.24, 2.45) is 0 Å². The van der Waals surface area contributed by atoms with E-state index in [2.05, 4.69) is 4.72 Å². The number of hydrogen-bond donors (Lipinski definition) is 1. The second-order valence-corrected chi connectivity index (χ2v) is 6.80. The lowest BCUT2D eigenvalue weighted by molar-refractivity contribution is -0.119. The minimum atomic E-state index is -3.86. The molecule has 0 unspecified atom stereocenters. The molecule has 0 atom stereocenters. The molecular formula is C14H15NO4S2. The summed E-state index contributed by atoms with van der Waals surface area (Å²) < 4.78 is 31.2. The van der Waals surface area contributed by atoms with Crippen molar-refractivity contribution in [1.82, 2.24) is 4.72 Å². The van der Waals surface area contributed by atoms with Gasteiger partial charge >= 0.3 is 0 Å². The fourth-order valence-electron chi connectivity index (χ4n) is 1.72. The monoisotopic (exact) mass is 325 g/mol. The molecule has 5 nitrogen and oxygen atoms in total. The van der Waals surface area contributed by atoms with Gasteiger partial charge in [-0.1, -0.05) is 6.07 Å². The zero-order chi connectivity index (χ0) is 15.3. The van der Waals surface area contributed by atoms with Gasteiger partial charge in [-0.3, -0.25) is 4.79 Å². The smallest absolute Gasteiger partial charge is 0.264 e. The number of carbonyl (C=O) groups excluding carboxylic acids is 1. The van der Waals surface area contributed by atoms with Gasteiger partial charge in [0, 0.05) is 12.5 Å². The maximum Gasteiger partial charge on any atom is 0.264 e. The number of nitrogens with one attached hydrogen (secondary N) is 1. The predicted molar refractivity (Wildman–Crippen MR) is 81.0 cm³/mol. The van der Waals surface area contributed by atoms with Crippen LogP contribution in [0.4, 0.5) is 0 Å². The lowest BCUT2D eigenvalue weighted by atomic mass is 10.2. The maximum absolute atomic E-state index is 12.1. The number of ether oxygens (including phenoxy) is 1. The zero-order valence-electron chi connectivity index (χ0n) is 11.4. The van der Waals surface area contributed by atoms with E-state index in [1.165, 1.54) is 19.2 Å². The molecule has 112 valence electrons. The Hall–Kier alpha value is -1.86. The van der Waals surface area contributed by atoms with Gasteiger partial charge in [0.05, 0.1) is 12.0 Å². The highest BCUT2D eigenvalue weighted by Crippen LogP contribution is 2.17. The molecule has 0 aliphatic heterocycles. The molecule has 1 aromatic heterocycles. The lowest BCUT2D eigenvalue weighted by Gasteiger charge is -2.08. The summed E-state index contributed by atoms with van der Waals surface area (Å²) in [5.74, 6) is -0.104. The Morgan fingerprint density at radius 3 is 2.81 bits per heavy atom. The predicted octanol–water partition coefficient (Wildman–Crippen LogP) is 2.19. The number of amides is 1. The third kappa shape index (κ3) is 4.30. The van der Waals surface area contributed by atoms with E-state index in [9.17, 15) is 13.2 Å². The first kappa shape index (κ1) is 15.5. The summed E-state index contributed by atoms with van der Waals surface area (Å²) in [5, 5.41) is 3.85. The molecule has 1 heterocycles.